The number of hydrogen-bond donors (Lipinski definition) is 1. The van der Waals surface area contributed by atoms with Crippen molar-refractivity contribution in [2.24, 2.45) is 5.92 Å². The molecule has 2 rings (SSSR count). The van der Waals surface area contributed by atoms with E-state index in [4.69, 9.17) is 0 Å². The molecular weight excluding hydrogens is 212 g/mol. The molecule has 0 spiro atoms. The number of carbonyl (C=O) groups excluding carboxylic acids is 1. The predicted octanol–water partition coefficient (Wildman–Crippen LogP) is 2.17. The van der Waals surface area contributed by atoms with Gasteiger partial charge in [-0.15, -0.1) is 0 Å². The van der Waals surface area contributed by atoms with Gasteiger partial charge in [-0.3, -0.25) is 4.79 Å². The lowest BCUT2D eigenvalue weighted by Crippen LogP contribution is -2.45. The van der Waals surface area contributed by atoms with Gasteiger partial charge in [-0.1, -0.05) is 6.42 Å². The maximum atomic E-state index is 12.3. The van der Waals surface area contributed by atoms with Crippen molar-refractivity contribution in [3.63, 3.8) is 0 Å². The lowest BCUT2D eigenvalue weighted by Gasteiger charge is -2.37. The number of hydrogen-bond acceptors (Lipinski definition) is 2. The molecule has 3 nitrogen and oxygen atoms in total. The van der Waals surface area contributed by atoms with Crippen LogP contribution in [0, 0.1) is 5.92 Å². The van der Waals surface area contributed by atoms with Crippen molar-refractivity contribution in [1.82, 2.24) is 10.2 Å². The second-order valence-electron chi connectivity index (χ2n) is 5.63. The smallest absolute Gasteiger partial charge is 0.223 e. The zero-order valence-corrected chi connectivity index (χ0v) is 11.1. The summed E-state index contributed by atoms with van der Waals surface area (Å²) in [5, 5.41) is 3.20. The van der Waals surface area contributed by atoms with E-state index < -0.39 is 0 Å². The highest BCUT2D eigenvalue weighted by atomic mass is 16.2. The summed E-state index contributed by atoms with van der Waals surface area (Å²) in [6, 6.07) is 0.503. The van der Waals surface area contributed by atoms with E-state index in [2.05, 4.69) is 10.2 Å². The summed E-state index contributed by atoms with van der Waals surface area (Å²) >= 11 is 0. The Bertz CT molecular complexity index is 251. The summed E-state index contributed by atoms with van der Waals surface area (Å²) in [7, 11) is 1.99. The highest BCUT2D eigenvalue weighted by Crippen LogP contribution is 2.31. The Hall–Kier alpha value is -0.570. The molecule has 0 aromatic rings. The van der Waals surface area contributed by atoms with E-state index in [0.717, 1.165) is 25.9 Å². The topological polar surface area (TPSA) is 32.3 Å². The van der Waals surface area contributed by atoms with Gasteiger partial charge >= 0.3 is 0 Å². The van der Waals surface area contributed by atoms with E-state index in [9.17, 15) is 4.79 Å². The fourth-order valence-electron chi connectivity index (χ4n) is 3.00. The van der Waals surface area contributed by atoms with Crippen molar-refractivity contribution in [2.75, 3.05) is 20.1 Å². The van der Waals surface area contributed by atoms with E-state index in [-0.39, 0.29) is 0 Å². The van der Waals surface area contributed by atoms with E-state index in [1.807, 2.05) is 7.05 Å². The van der Waals surface area contributed by atoms with Crippen LogP contribution in [0.15, 0.2) is 0 Å². The molecule has 1 saturated carbocycles. The average Bonchev–Trinajstić information content (AvgIpc) is 2.31. The molecule has 1 aliphatic heterocycles. The first-order valence-electron chi connectivity index (χ1n) is 7.25. The average molecular weight is 238 g/mol. The van der Waals surface area contributed by atoms with Gasteiger partial charge in [0.15, 0.2) is 0 Å². The standard InChI is InChI=1S/C14H26N2O/c1-15-9-8-13-7-2-3-10-16(13)14(17)11-12-5-4-6-12/h12-13,15H,2-11H2,1H3. The van der Waals surface area contributed by atoms with Crippen molar-refractivity contribution in [2.45, 2.75) is 57.4 Å². The minimum absolute atomic E-state index is 0.426. The lowest BCUT2D eigenvalue weighted by atomic mass is 9.82. The molecule has 2 fully saturated rings. The minimum atomic E-state index is 0.426. The van der Waals surface area contributed by atoms with E-state index in [0.29, 0.717) is 17.9 Å². The normalized spacial score (nSPS) is 25.7. The van der Waals surface area contributed by atoms with Crippen molar-refractivity contribution in [3.05, 3.63) is 0 Å². The number of piperidine rings is 1. The Morgan fingerprint density at radius 2 is 2.06 bits per heavy atom. The minimum Gasteiger partial charge on any atom is -0.340 e. The molecule has 1 unspecified atom stereocenters. The summed E-state index contributed by atoms with van der Waals surface area (Å²) < 4.78 is 0. The Morgan fingerprint density at radius 3 is 2.71 bits per heavy atom. The highest BCUT2D eigenvalue weighted by Gasteiger charge is 2.29. The molecule has 17 heavy (non-hydrogen) atoms. The van der Waals surface area contributed by atoms with E-state index >= 15 is 0 Å². The molecule has 2 aliphatic rings. The van der Waals surface area contributed by atoms with Crippen molar-refractivity contribution < 1.29 is 4.79 Å². The number of carbonyl (C=O) groups is 1. The van der Waals surface area contributed by atoms with Gasteiger partial charge < -0.3 is 10.2 Å². The highest BCUT2D eigenvalue weighted by molar-refractivity contribution is 5.77. The lowest BCUT2D eigenvalue weighted by molar-refractivity contribution is -0.136. The Balaban J connectivity index is 1.83. The molecular formula is C14H26N2O. The van der Waals surface area contributed by atoms with Crippen LogP contribution in [-0.4, -0.2) is 37.0 Å². The van der Waals surface area contributed by atoms with Gasteiger partial charge in [-0.2, -0.15) is 0 Å². The fourth-order valence-corrected chi connectivity index (χ4v) is 3.00. The van der Waals surface area contributed by atoms with Crippen LogP contribution in [0.3, 0.4) is 0 Å². The molecule has 3 heteroatoms. The van der Waals surface area contributed by atoms with Gasteiger partial charge in [0, 0.05) is 19.0 Å². The Labute approximate surface area is 105 Å². The second-order valence-corrected chi connectivity index (χ2v) is 5.63. The number of rotatable bonds is 5. The Morgan fingerprint density at radius 1 is 1.24 bits per heavy atom. The van der Waals surface area contributed by atoms with Crippen LogP contribution in [0.5, 0.6) is 0 Å². The molecule has 1 heterocycles. The SMILES string of the molecule is CNCCC1CCCCN1C(=O)CC1CCC1. The molecule has 0 radical (unpaired) electrons. The summed E-state index contributed by atoms with van der Waals surface area (Å²) in [5.74, 6) is 1.13. The summed E-state index contributed by atoms with van der Waals surface area (Å²) in [6.45, 7) is 2.03. The molecule has 0 aromatic heterocycles. The van der Waals surface area contributed by atoms with Crippen LogP contribution in [0.1, 0.15) is 51.4 Å². The third-order valence-electron chi connectivity index (χ3n) is 4.36. The van der Waals surface area contributed by atoms with Crippen LogP contribution < -0.4 is 5.32 Å². The van der Waals surface area contributed by atoms with Crippen molar-refractivity contribution in [1.29, 1.82) is 0 Å². The molecule has 0 aromatic carbocycles. The summed E-state index contributed by atoms with van der Waals surface area (Å²) in [4.78, 5) is 14.5. The van der Waals surface area contributed by atoms with Crippen LogP contribution in [-0.2, 0) is 4.79 Å². The summed E-state index contributed by atoms with van der Waals surface area (Å²) in [5.41, 5.74) is 0. The van der Waals surface area contributed by atoms with Crippen LogP contribution in [0.25, 0.3) is 0 Å². The molecule has 1 amide bonds. The fraction of sp³-hybridized carbons (Fsp3) is 0.929. The molecule has 0 bridgehead atoms. The first-order chi connectivity index (χ1) is 8.31. The molecule has 98 valence electrons. The number of likely N-dealkylation sites (tertiary alicyclic amines) is 1. The maximum absolute atomic E-state index is 12.3. The van der Waals surface area contributed by atoms with Gasteiger partial charge in [-0.05, 0) is 58.0 Å². The number of amides is 1. The van der Waals surface area contributed by atoms with Crippen LogP contribution in [0.2, 0.25) is 0 Å². The second kappa shape index (κ2) is 6.39. The largest absolute Gasteiger partial charge is 0.340 e. The Kier molecular flexibility index (Phi) is 4.84. The molecule has 1 aliphatic carbocycles. The summed E-state index contributed by atoms with van der Waals surface area (Å²) in [6.07, 6.45) is 9.53. The predicted molar refractivity (Wildman–Crippen MR) is 69.9 cm³/mol. The van der Waals surface area contributed by atoms with Gasteiger partial charge in [0.25, 0.3) is 0 Å². The number of nitrogens with one attached hydrogen (secondary N) is 1. The van der Waals surface area contributed by atoms with Gasteiger partial charge in [-0.25, -0.2) is 0 Å². The van der Waals surface area contributed by atoms with Crippen molar-refractivity contribution in [3.8, 4) is 0 Å². The number of nitrogens with zero attached hydrogens (tertiary/aromatic N) is 1. The first kappa shape index (κ1) is 12.9. The molecule has 1 saturated heterocycles. The quantitative estimate of drug-likeness (QED) is 0.796. The van der Waals surface area contributed by atoms with E-state index in [1.165, 1.54) is 38.5 Å². The van der Waals surface area contributed by atoms with E-state index in [1.54, 1.807) is 0 Å². The monoisotopic (exact) mass is 238 g/mol. The zero-order valence-electron chi connectivity index (χ0n) is 11.1. The molecule has 1 N–H and O–H groups in total. The van der Waals surface area contributed by atoms with Gasteiger partial charge in [0.05, 0.1) is 0 Å². The zero-order chi connectivity index (χ0) is 12.1. The third kappa shape index (κ3) is 3.44. The first-order valence-corrected chi connectivity index (χ1v) is 7.25. The van der Waals surface area contributed by atoms with Crippen LogP contribution in [0.4, 0.5) is 0 Å². The maximum Gasteiger partial charge on any atom is 0.223 e. The van der Waals surface area contributed by atoms with Gasteiger partial charge in [0.1, 0.15) is 0 Å². The van der Waals surface area contributed by atoms with Crippen molar-refractivity contribution >= 4 is 5.91 Å². The third-order valence-corrected chi connectivity index (χ3v) is 4.36. The van der Waals surface area contributed by atoms with Crippen LogP contribution >= 0.6 is 0 Å². The molecule has 1 atom stereocenters. The van der Waals surface area contributed by atoms with Gasteiger partial charge in [0.2, 0.25) is 5.91 Å².